The lowest BCUT2D eigenvalue weighted by Crippen LogP contribution is -2.01. The molecule has 0 aliphatic carbocycles. The minimum Gasteiger partial charge on any atom is -0.455 e. The highest BCUT2D eigenvalue weighted by atomic mass is 16.3. The van der Waals surface area contributed by atoms with Gasteiger partial charge in [0, 0.05) is 60.2 Å². The zero-order valence-corrected chi connectivity index (χ0v) is 40.8. The smallest absolute Gasteiger partial charge is 0.167 e. The Kier molecular flexibility index (Phi) is 9.20. The first-order chi connectivity index (χ1) is 37.7. The van der Waals surface area contributed by atoms with E-state index in [1.54, 1.807) is 0 Å². The number of para-hydroxylation sites is 6. The van der Waals surface area contributed by atoms with Crippen LogP contribution in [0.2, 0.25) is 0 Å². The maximum absolute atomic E-state index is 7.14. The van der Waals surface area contributed by atoms with Gasteiger partial charge in [0.15, 0.2) is 17.5 Å². The van der Waals surface area contributed by atoms with Crippen molar-refractivity contribution in [1.29, 1.82) is 0 Å². The number of rotatable bonds is 7. The Bertz CT molecular complexity index is 4890. The molecule has 0 saturated heterocycles. The number of fused-ring (bicyclic) bond motifs is 15. The summed E-state index contributed by atoms with van der Waals surface area (Å²) in [5, 5.41) is 9.02. The van der Waals surface area contributed by atoms with E-state index in [1.165, 1.54) is 26.9 Å². The Morgan fingerprint density at radius 2 is 0.658 bits per heavy atom. The predicted molar refractivity (Wildman–Crippen MR) is 312 cm³/mol. The minimum absolute atomic E-state index is 0.524. The molecule has 0 aliphatic heterocycles. The summed E-state index contributed by atoms with van der Waals surface area (Å²) in [5.74, 6) is 1.68. The molecule has 11 aromatic carbocycles. The van der Waals surface area contributed by atoms with Crippen LogP contribution in [0.3, 0.4) is 0 Å². The molecule has 354 valence electrons. The molecule has 0 amide bonds. The van der Waals surface area contributed by atoms with Gasteiger partial charge in [0.25, 0.3) is 0 Å². The largest absolute Gasteiger partial charge is 0.455 e. The van der Waals surface area contributed by atoms with Crippen molar-refractivity contribution in [3.63, 3.8) is 0 Å². The van der Waals surface area contributed by atoms with E-state index in [1.807, 2.05) is 42.5 Å². The van der Waals surface area contributed by atoms with Gasteiger partial charge in [-0.15, -0.1) is 0 Å². The maximum Gasteiger partial charge on any atom is 0.167 e. The summed E-state index contributed by atoms with van der Waals surface area (Å²) in [7, 11) is 0. The Labute approximate surface area is 435 Å². The van der Waals surface area contributed by atoms with E-state index in [9.17, 15) is 0 Å². The van der Waals surface area contributed by atoms with E-state index >= 15 is 0 Å². The van der Waals surface area contributed by atoms with Crippen molar-refractivity contribution in [1.82, 2.24) is 28.7 Å². The van der Waals surface area contributed by atoms with Gasteiger partial charge < -0.3 is 18.1 Å². The number of hydrogen-bond donors (Lipinski definition) is 0. The fourth-order valence-electron chi connectivity index (χ4n) is 12.0. The van der Waals surface area contributed by atoms with Crippen LogP contribution in [-0.4, -0.2) is 28.7 Å². The minimum atomic E-state index is 0.524. The SMILES string of the molecule is c1ccc(-c2ccc(-c3nc(-c4ccccc4)nc(-c4ccc(-n5c6ccccc6c6c7c(c8ccccc8n7-c7ccccc7)c7c(c8ccccc8n7-c7ccccc7)c65)c5c4oc4ccccc45)n3)cc2)cc1. The second kappa shape index (κ2) is 16.6. The third kappa shape index (κ3) is 6.20. The number of hydrogen-bond acceptors (Lipinski definition) is 4. The molecular formula is C69H42N6O. The third-order valence-electron chi connectivity index (χ3n) is 15.3. The van der Waals surface area contributed by atoms with Gasteiger partial charge in [-0.3, -0.25) is 0 Å². The lowest BCUT2D eigenvalue weighted by molar-refractivity contribution is 0.669. The Balaban J connectivity index is 1.05. The summed E-state index contributed by atoms with van der Waals surface area (Å²) in [6.07, 6.45) is 0. The van der Waals surface area contributed by atoms with Crippen molar-refractivity contribution < 1.29 is 4.42 Å². The number of benzene rings is 11. The van der Waals surface area contributed by atoms with E-state index in [2.05, 4.69) is 226 Å². The van der Waals surface area contributed by atoms with Gasteiger partial charge in [-0.25, -0.2) is 15.0 Å². The van der Waals surface area contributed by atoms with Crippen molar-refractivity contribution in [3.05, 3.63) is 255 Å². The van der Waals surface area contributed by atoms with Crippen LogP contribution in [0.25, 0.3) is 150 Å². The van der Waals surface area contributed by atoms with E-state index < -0.39 is 0 Å². The van der Waals surface area contributed by atoms with Gasteiger partial charge in [0.2, 0.25) is 0 Å². The van der Waals surface area contributed by atoms with Crippen LogP contribution in [0.4, 0.5) is 0 Å². The zero-order valence-electron chi connectivity index (χ0n) is 40.8. The van der Waals surface area contributed by atoms with Crippen molar-refractivity contribution in [2.45, 2.75) is 0 Å². The molecule has 7 heteroatoms. The molecule has 0 spiro atoms. The van der Waals surface area contributed by atoms with E-state index in [0.717, 1.165) is 99.7 Å². The van der Waals surface area contributed by atoms with E-state index in [4.69, 9.17) is 19.4 Å². The van der Waals surface area contributed by atoms with Crippen molar-refractivity contribution in [2.75, 3.05) is 0 Å². The summed E-state index contributed by atoms with van der Waals surface area (Å²) in [5.41, 5.74) is 16.3. The molecule has 0 saturated carbocycles. The highest BCUT2D eigenvalue weighted by Crippen LogP contribution is 2.51. The number of nitrogens with zero attached hydrogens (tertiary/aromatic N) is 6. The van der Waals surface area contributed by atoms with Gasteiger partial charge in [-0.2, -0.15) is 0 Å². The van der Waals surface area contributed by atoms with Gasteiger partial charge in [0.1, 0.15) is 11.2 Å². The Morgan fingerprint density at radius 1 is 0.276 bits per heavy atom. The average molecular weight is 971 g/mol. The highest BCUT2D eigenvalue weighted by molar-refractivity contribution is 6.40. The van der Waals surface area contributed by atoms with Crippen LogP contribution in [-0.2, 0) is 0 Å². The molecule has 0 aliphatic rings. The standard InChI is InChI=1S/C69H42N6O/c1-5-21-43(22-6-1)44-37-39-46(40-38-44)68-70-67(45-23-7-2-8-24-45)71-69(72-68)53-41-42-57(59-52-32-16-20-36-58(52)76-66(53)59)75-56-35-19-15-31-51(56)62-64-60(49-29-13-17-33-54(49)73(64)47-25-9-3-10-26-47)63-61(65(62)75)50-30-14-18-34-55(50)74(63)48-27-11-4-12-28-48/h1-42H. The monoisotopic (exact) mass is 970 g/mol. The van der Waals surface area contributed by atoms with Crippen molar-refractivity contribution in [3.8, 4) is 62.4 Å². The molecule has 5 aromatic heterocycles. The molecule has 16 rings (SSSR count). The molecule has 7 nitrogen and oxygen atoms in total. The molecule has 0 radical (unpaired) electrons. The summed E-state index contributed by atoms with van der Waals surface area (Å²) in [4.78, 5) is 15.7. The van der Waals surface area contributed by atoms with Crippen LogP contribution in [0, 0.1) is 0 Å². The summed E-state index contributed by atoms with van der Waals surface area (Å²) < 4.78 is 14.6. The summed E-state index contributed by atoms with van der Waals surface area (Å²) in [6, 6.07) is 90.2. The van der Waals surface area contributed by atoms with Crippen LogP contribution >= 0.6 is 0 Å². The van der Waals surface area contributed by atoms with Crippen LogP contribution in [0.5, 0.6) is 0 Å². The number of furan rings is 1. The molecule has 0 fully saturated rings. The van der Waals surface area contributed by atoms with Gasteiger partial charge in [-0.05, 0) is 71.8 Å². The van der Waals surface area contributed by atoms with Crippen molar-refractivity contribution in [2.24, 2.45) is 0 Å². The van der Waals surface area contributed by atoms with Gasteiger partial charge in [-0.1, -0.05) is 194 Å². The lowest BCUT2D eigenvalue weighted by atomic mass is 10.0. The Hall–Kier alpha value is -10.4. The quantitative estimate of drug-likeness (QED) is 0.160. The molecule has 5 heterocycles. The highest BCUT2D eigenvalue weighted by Gasteiger charge is 2.30. The molecule has 76 heavy (non-hydrogen) atoms. The van der Waals surface area contributed by atoms with Crippen LogP contribution in [0.15, 0.2) is 259 Å². The fraction of sp³-hybridized carbons (Fsp3) is 0. The first kappa shape index (κ1) is 42.2. The molecular weight excluding hydrogens is 929 g/mol. The summed E-state index contributed by atoms with van der Waals surface area (Å²) in [6.45, 7) is 0. The van der Waals surface area contributed by atoms with Gasteiger partial charge >= 0.3 is 0 Å². The summed E-state index contributed by atoms with van der Waals surface area (Å²) >= 11 is 0. The van der Waals surface area contributed by atoms with Crippen LogP contribution < -0.4 is 0 Å². The van der Waals surface area contributed by atoms with Crippen molar-refractivity contribution >= 4 is 87.4 Å². The second-order valence-corrected chi connectivity index (χ2v) is 19.4. The molecule has 0 bridgehead atoms. The number of aromatic nitrogens is 6. The normalized spacial score (nSPS) is 11.9. The maximum atomic E-state index is 7.14. The first-order valence-corrected chi connectivity index (χ1v) is 25.7. The zero-order chi connectivity index (χ0) is 49.8. The lowest BCUT2D eigenvalue weighted by Gasteiger charge is -2.15. The topological polar surface area (TPSA) is 66.6 Å². The predicted octanol–water partition coefficient (Wildman–Crippen LogP) is 17.7. The Morgan fingerprint density at radius 3 is 1.20 bits per heavy atom. The van der Waals surface area contributed by atoms with E-state index in [-0.39, 0.29) is 0 Å². The molecule has 0 unspecified atom stereocenters. The molecule has 0 N–H and O–H groups in total. The fourth-order valence-corrected chi connectivity index (χ4v) is 12.0. The third-order valence-corrected chi connectivity index (χ3v) is 15.3. The molecule has 16 aromatic rings. The van der Waals surface area contributed by atoms with E-state index in [0.29, 0.717) is 23.1 Å². The first-order valence-electron chi connectivity index (χ1n) is 25.7. The molecule has 0 atom stereocenters. The average Bonchev–Trinajstić information content (AvgIpc) is 4.34. The van der Waals surface area contributed by atoms with Gasteiger partial charge in [0.05, 0.1) is 49.7 Å². The second-order valence-electron chi connectivity index (χ2n) is 19.4. The van der Waals surface area contributed by atoms with Crippen LogP contribution in [0.1, 0.15) is 0 Å².